The molecule has 0 fully saturated rings. The standard InChI is InChI=1S/C7H12FN3/c1-5(8)3-6(4-11-2)7(9)10/h3,11H,1,4H2,2H3,(H3,9,10)/b6-3+. The van der Waals surface area contributed by atoms with Crippen molar-refractivity contribution in [2.75, 3.05) is 13.6 Å². The first-order valence-corrected chi connectivity index (χ1v) is 3.12. The van der Waals surface area contributed by atoms with Crippen LogP contribution in [0.4, 0.5) is 4.39 Å². The number of halogens is 1. The summed E-state index contributed by atoms with van der Waals surface area (Å²) < 4.78 is 12.2. The van der Waals surface area contributed by atoms with Crippen molar-refractivity contribution in [3.05, 3.63) is 24.1 Å². The largest absolute Gasteiger partial charge is 0.384 e. The summed E-state index contributed by atoms with van der Waals surface area (Å²) in [5.41, 5.74) is 5.54. The van der Waals surface area contributed by atoms with Gasteiger partial charge in [-0.15, -0.1) is 0 Å². The molecule has 0 unspecified atom stereocenters. The van der Waals surface area contributed by atoms with Gasteiger partial charge in [0.2, 0.25) is 0 Å². The van der Waals surface area contributed by atoms with Crippen LogP contribution in [0.25, 0.3) is 0 Å². The van der Waals surface area contributed by atoms with Crippen molar-refractivity contribution in [1.29, 1.82) is 5.41 Å². The van der Waals surface area contributed by atoms with E-state index in [0.717, 1.165) is 6.08 Å². The van der Waals surface area contributed by atoms with Crippen LogP contribution in [0.1, 0.15) is 0 Å². The third-order valence-electron chi connectivity index (χ3n) is 1.04. The molecule has 0 spiro atoms. The first kappa shape index (κ1) is 9.84. The topological polar surface area (TPSA) is 61.9 Å². The van der Waals surface area contributed by atoms with Gasteiger partial charge in [-0.05, 0) is 13.1 Å². The van der Waals surface area contributed by atoms with Gasteiger partial charge >= 0.3 is 0 Å². The van der Waals surface area contributed by atoms with E-state index in [2.05, 4.69) is 11.9 Å². The number of likely N-dealkylation sites (N-methyl/N-ethyl adjacent to an activating group) is 1. The van der Waals surface area contributed by atoms with Crippen LogP contribution in [0.15, 0.2) is 24.1 Å². The average molecular weight is 157 g/mol. The van der Waals surface area contributed by atoms with Crippen molar-refractivity contribution in [3.63, 3.8) is 0 Å². The smallest absolute Gasteiger partial charge is 0.120 e. The van der Waals surface area contributed by atoms with Gasteiger partial charge in [0.25, 0.3) is 0 Å². The molecule has 0 atom stereocenters. The van der Waals surface area contributed by atoms with Crippen molar-refractivity contribution >= 4 is 5.84 Å². The first-order valence-electron chi connectivity index (χ1n) is 3.12. The van der Waals surface area contributed by atoms with Crippen LogP contribution < -0.4 is 11.1 Å². The van der Waals surface area contributed by atoms with Crippen molar-refractivity contribution < 1.29 is 4.39 Å². The van der Waals surface area contributed by atoms with Crippen molar-refractivity contribution in [2.45, 2.75) is 0 Å². The van der Waals surface area contributed by atoms with E-state index >= 15 is 0 Å². The average Bonchev–Trinajstić information content (AvgIpc) is 1.86. The Bertz CT molecular complexity index is 196. The Balaban J connectivity index is 4.32. The molecule has 0 rings (SSSR count). The lowest BCUT2D eigenvalue weighted by atomic mass is 10.2. The van der Waals surface area contributed by atoms with Crippen LogP contribution in [0.3, 0.4) is 0 Å². The highest BCUT2D eigenvalue weighted by Gasteiger charge is 1.99. The molecule has 0 aliphatic heterocycles. The zero-order valence-corrected chi connectivity index (χ0v) is 6.45. The van der Waals surface area contributed by atoms with E-state index in [4.69, 9.17) is 11.1 Å². The fourth-order valence-electron chi connectivity index (χ4n) is 0.604. The molecule has 62 valence electrons. The highest BCUT2D eigenvalue weighted by molar-refractivity contribution is 5.95. The maximum atomic E-state index is 12.2. The second kappa shape index (κ2) is 4.62. The Hall–Kier alpha value is -1.16. The number of nitrogens with one attached hydrogen (secondary N) is 2. The molecule has 0 saturated heterocycles. The highest BCUT2D eigenvalue weighted by atomic mass is 19.1. The molecule has 11 heavy (non-hydrogen) atoms. The van der Waals surface area contributed by atoms with Crippen LogP contribution >= 0.6 is 0 Å². The van der Waals surface area contributed by atoms with Gasteiger partial charge in [0.05, 0.1) is 0 Å². The third kappa shape index (κ3) is 4.27. The molecular weight excluding hydrogens is 145 g/mol. The first-order chi connectivity index (χ1) is 5.07. The summed E-state index contributed by atoms with van der Waals surface area (Å²) in [6.45, 7) is 3.41. The van der Waals surface area contributed by atoms with Crippen LogP contribution in [-0.4, -0.2) is 19.4 Å². The van der Waals surface area contributed by atoms with E-state index in [9.17, 15) is 4.39 Å². The minimum absolute atomic E-state index is 0.141. The number of amidine groups is 1. The zero-order chi connectivity index (χ0) is 8.85. The molecule has 4 heteroatoms. The molecule has 0 bridgehead atoms. The van der Waals surface area contributed by atoms with Crippen molar-refractivity contribution in [1.82, 2.24) is 5.32 Å². The van der Waals surface area contributed by atoms with Crippen LogP contribution in [0, 0.1) is 5.41 Å². The molecular formula is C7H12FN3. The molecule has 0 amide bonds. The SMILES string of the molecule is C=C(F)/C=C(\CNC)C(=N)N. The molecule has 3 nitrogen and oxygen atoms in total. The summed E-state index contributed by atoms with van der Waals surface area (Å²) in [6, 6.07) is 0. The molecule has 0 radical (unpaired) electrons. The molecule has 0 aliphatic carbocycles. The normalized spacial score (nSPS) is 11.3. The van der Waals surface area contributed by atoms with Gasteiger partial charge in [-0.2, -0.15) is 0 Å². The Morgan fingerprint density at radius 2 is 2.36 bits per heavy atom. The van der Waals surface area contributed by atoms with Gasteiger partial charge in [-0.1, -0.05) is 6.58 Å². The second-order valence-electron chi connectivity index (χ2n) is 2.06. The molecule has 4 N–H and O–H groups in total. The number of nitrogens with two attached hydrogens (primary N) is 1. The summed E-state index contributed by atoms with van der Waals surface area (Å²) in [7, 11) is 1.69. The molecule has 0 heterocycles. The summed E-state index contributed by atoms with van der Waals surface area (Å²) in [5, 5.41) is 9.77. The Kier molecular flexibility index (Phi) is 4.14. The van der Waals surface area contributed by atoms with E-state index in [1.54, 1.807) is 7.05 Å². The Labute approximate surface area is 65.3 Å². The summed E-state index contributed by atoms with van der Waals surface area (Å²) in [4.78, 5) is 0. The van der Waals surface area contributed by atoms with Gasteiger partial charge in [-0.3, -0.25) is 5.41 Å². The maximum absolute atomic E-state index is 12.2. The van der Waals surface area contributed by atoms with Gasteiger partial charge in [0.1, 0.15) is 11.7 Å². The van der Waals surface area contributed by atoms with Crippen molar-refractivity contribution in [3.8, 4) is 0 Å². The monoisotopic (exact) mass is 157 g/mol. The second-order valence-corrected chi connectivity index (χ2v) is 2.06. The van der Waals surface area contributed by atoms with Gasteiger partial charge in [0, 0.05) is 12.1 Å². The lowest BCUT2D eigenvalue weighted by molar-refractivity contribution is 0.669. The zero-order valence-electron chi connectivity index (χ0n) is 6.45. The van der Waals surface area contributed by atoms with Crippen LogP contribution in [0.5, 0.6) is 0 Å². The van der Waals surface area contributed by atoms with Gasteiger partial charge in [0.15, 0.2) is 0 Å². The van der Waals surface area contributed by atoms with Crippen molar-refractivity contribution in [2.24, 2.45) is 5.73 Å². The minimum Gasteiger partial charge on any atom is -0.384 e. The van der Waals surface area contributed by atoms with E-state index in [-0.39, 0.29) is 5.84 Å². The molecule has 0 aliphatic rings. The van der Waals surface area contributed by atoms with E-state index in [0.29, 0.717) is 12.1 Å². The summed E-state index contributed by atoms with van der Waals surface area (Å²) in [6.07, 6.45) is 1.14. The number of hydrogen-bond acceptors (Lipinski definition) is 2. The van der Waals surface area contributed by atoms with E-state index in [1.165, 1.54) is 0 Å². The maximum Gasteiger partial charge on any atom is 0.120 e. The predicted octanol–water partition coefficient (Wildman–Crippen LogP) is 0.551. The van der Waals surface area contributed by atoms with E-state index in [1.807, 2.05) is 0 Å². The summed E-state index contributed by atoms with van der Waals surface area (Å²) >= 11 is 0. The molecule has 0 saturated carbocycles. The van der Waals surface area contributed by atoms with Crippen LogP contribution in [-0.2, 0) is 0 Å². The summed E-state index contributed by atoms with van der Waals surface area (Å²) in [5.74, 6) is -0.733. The fourth-order valence-corrected chi connectivity index (χ4v) is 0.604. The molecule has 0 aromatic rings. The van der Waals surface area contributed by atoms with Crippen LogP contribution in [0.2, 0.25) is 0 Å². The third-order valence-corrected chi connectivity index (χ3v) is 1.04. The van der Waals surface area contributed by atoms with Gasteiger partial charge in [-0.25, -0.2) is 4.39 Å². The number of rotatable bonds is 4. The number of hydrogen-bond donors (Lipinski definition) is 3. The van der Waals surface area contributed by atoms with Gasteiger partial charge < -0.3 is 11.1 Å². The highest BCUT2D eigenvalue weighted by Crippen LogP contribution is 1.99. The number of allylic oxidation sites excluding steroid dienone is 2. The fraction of sp³-hybridized carbons (Fsp3) is 0.286. The minimum atomic E-state index is -0.592. The predicted molar refractivity (Wildman–Crippen MR) is 44.2 cm³/mol. The Morgan fingerprint density at radius 1 is 1.82 bits per heavy atom. The lowest BCUT2D eigenvalue weighted by Crippen LogP contribution is -2.22. The molecule has 0 aromatic heterocycles. The Morgan fingerprint density at radius 3 is 2.64 bits per heavy atom. The quantitative estimate of drug-likeness (QED) is 0.317. The molecule has 0 aromatic carbocycles. The lowest BCUT2D eigenvalue weighted by Gasteiger charge is -2.02. The van der Waals surface area contributed by atoms with E-state index < -0.39 is 5.83 Å².